The Morgan fingerprint density at radius 3 is 2.29 bits per heavy atom. The second-order valence-corrected chi connectivity index (χ2v) is 8.19. The summed E-state index contributed by atoms with van der Waals surface area (Å²) in [6.07, 6.45) is 8.88. The van der Waals surface area contributed by atoms with E-state index in [-0.39, 0.29) is 5.92 Å². The Labute approximate surface area is 182 Å². The Hall–Kier alpha value is -3.91. The van der Waals surface area contributed by atoms with Gasteiger partial charge in [-0.1, -0.05) is 84.9 Å². The zero-order valence-electron chi connectivity index (χ0n) is 17.3. The number of nitrogens with one attached hydrogen (secondary N) is 1. The van der Waals surface area contributed by atoms with Crippen molar-refractivity contribution in [2.75, 3.05) is 0 Å². The molecule has 0 saturated heterocycles. The highest BCUT2D eigenvalue weighted by atomic mass is 15.0. The summed E-state index contributed by atoms with van der Waals surface area (Å²) in [5, 5.41) is 6.01. The lowest BCUT2D eigenvalue weighted by Crippen LogP contribution is -2.44. The van der Waals surface area contributed by atoms with Crippen molar-refractivity contribution < 1.29 is 0 Å². The Bertz CT molecular complexity index is 1440. The van der Waals surface area contributed by atoms with Crippen molar-refractivity contribution in [3.63, 3.8) is 0 Å². The summed E-state index contributed by atoms with van der Waals surface area (Å²) >= 11 is 0. The van der Waals surface area contributed by atoms with Crippen LogP contribution in [0.25, 0.3) is 28.0 Å². The molecule has 0 saturated carbocycles. The molecule has 3 aromatic carbocycles. The zero-order chi connectivity index (χ0) is 20.8. The molecule has 1 aliphatic heterocycles. The number of rotatable bonds is 2. The van der Waals surface area contributed by atoms with Gasteiger partial charge in [0, 0.05) is 17.3 Å². The van der Waals surface area contributed by atoms with Crippen molar-refractivity contribution in [1.82, 2.24) is 5.32 Å². The summed E-state index contributed by atoms with van der Waals surface area (Å²) in [6, 6.07) is 28.0. The summed E-state index contributed by atoms with van der Waals surface area (Å²) in [5.41, 5.74) is 9.49. The number of fused-ring (bicyclic) bond motifs is 4. The van der Waals surface area contributed by atoms with Gasteiger partial charge < -0.3 is 5.32 Å². The standard InChI is InChI=1S/C29H22N2/c1-19-18-30-28-24-14-12-22(20-8-4-2-5-9-20)16-26(24)27-17-23(21-10-6-3-7-11-21)13-15-25(27)29(28)31-19/h2-18,25,30H,1H3. The van der Waals surface area contributed by atoms with Crippen molar-refractivity contribution in [3.8, 4) is 11.1 Å². The summed E-state index contributed by atoms with van der Waals surface area (Å²) < 4.78 is 0. The summed E-state index contributed by atoms with van der Waals surface area (Å²) in [5.74, 6) is 0.150. The maximum atomic E-state index is 4.94. The SMILES string of the molecule is CC1=CNC2=c3ccc(-c4ccccc4)cc3=C3C=C(c4ccccc4)C=CC3C2=N1. The van der Waals surface area contributed by atoms with Gasteiger partial charge in [0.15, 0.2) is 0 Å². The van der Waals surface area contributed by atoms with Gasteiger partial charge in [-0.2, -0.15) is 0 Å². The topological polar surface area (TPSA) is 24.4 Å². The molecule has 1 N–H and O–H groups in total. The molecule has 6 rings (SSSR count). The molecule has 0 bridgehead atoms. The third-order valence-corrected chi connectivity index (χ3v) is 6.20. The molecule has 2 heteroatoms. The zero-order valence-corrected chi connectivity index (χ0v) is 17.3. The molecule has 0 radical (unpaired) electrons. The first-order valence-corrected chi connectivity index (χ1v) is 10.7. The van der Waals surface area contributed by atoms with Crippen LogP contribution in [-0.2, 0) is 0 Å². The number of hydrogen-bond donors (Lipinski definition) is 1. The van der Waals surface area contributed by atoms with Crippen molar-refractivity contribution in [1.29, 1.82) is 0 Å². The minimum atomic E-state index is 0.150. The quantitative estimate of drug-likeness (QED) is 0.659. The van der Waals surface area contributed by atoms with Crippen LogP contribution >= 0.6 is 0 Å². The minimum Gasteiger partial charge on any atom is -0.358 e. The van der Waals surface area contributed by atoms with Crippen molar-refractivity contribution in [2.24, 2.45) is 10.9 Å². The average Bonchev–Trinajstić information content (AvgIpc) is 2.84. The largest absolute Gasteiger partial charge is 0.358 e. The minimum absolute atomic E-state index is 0.150. The van der Waals surface area contributed by atoms with E-state index in [1.54, 1.807) is 0 Å². The molecule has 2 nitrogen and oxygen atoms in total. The van der Waals surface area contributed by atoms with Crippen LogP contribution in [0.4, 0.5) is 0 Å². The second kappa shape index (κ2) is 7.10. The van der Waals surface area contributed by atoms with Crippen molar-refractivity contribution in [2.45, 2.75) is 6.92 Å². The summed E-state index contributed by atoms with van der Waals surface area (Å²) in [4.78, 5) is 4.94. The van der Waals surface area contributed by atoms with E-state index in [0.717, 1.165) is 17.1 Å². The molecule has 1 heterocycles. The highest BCUT2D eigenvalue weighted by molar-refractivity contribution is 6.25. The van der Waals surface area contributed by atoms with Gasteiger partial charge >= 0.3 is 0 Å². The number of hydrogen-bond acceptors (Lipinski definition) is 2. The molecular formula is C29H22N2. The monoisotopic (exact) mass is 398 g/mol. The molecule has 31 heavy (non-hydrogen) atoms. The average molecular weight is 399 g/mol. The van der Waals surface area contributed by atoms with Crippen LogP contribution in [0.3, 0.4) is 0 Å². The Balaban J connectivity index is 1.65. The summed E-state index contributed by atoms with van der Waals surface area (Å²) in [7, 11) is 0. The van der Waals surface area contributed by atoms with E-state index < -0.39 is 0 Å². The predicted molar refractivity (Wildman–Crippen MR) is 129 cm³/mol. The van der Waals surface area contributed by atoms with Crippen molar-refractivity contribution >= 4 is 22.6 Å². The predicted octanol–water partition coefficient (Wildman–Crippen LogP) is 4.80. The lowest BCUT2D eigenvalue weighted by Gasteiger charge is -2.29. The number of aliphatic imine (C=N–C) groups is 1. The number of benzene rings is 3. The summed E-state index contributed by atoms with van der Waals surface area (Å²) in [6.45, 7) is 2.04. The Kier molecular flexibility index (Phi) is 4.10. The number of nitrogens with zero attached hydrogens (tertiary/aromatic N) is 1. The smallest absolute Gasteiger partial charge is 0.0761 e. The number of allylic oxidation sites excluding steroid dienone is 5. The van der Waals surface area contributed by atoms with Crippen LogP contribution in [0, 0.1) is 5.92 Å². The maximum Gasteiger partial charge on any atom is 0.0761 e. The van der Waals surface area contributed by atoms with Gasteiger partial charge in [0.05, 0.1) is 17.1 Å². The first kappa shape index (κ1) is 17.9. The van der Waals surface area contributed by atoms with Gasteiger partial charge in [-0.05, 0) is 52.1 Å². The second-order valence-electron chi connectivity index (χ2n) is 8.19. The normalized spacial score (nSPS) is 18.7. The first-order valence-electron chi connectivity index (χ1n) is 10.7. The first-order chi connectivity index (χ1) is 15.3. The molecule has 0 amide bonds. The fraction of sp³-hybridized carbons (Fsp3) is 0.0690. The van der Waals surface area contributed by atoms with Crippen LogP contribution in [0.5, 0.6) is 0 Å². The van der Waals surface area contributed by atoms with E-state index in [0.29, 0.717) is 0 Å². The molecule has 0 spiro atoms. The van der Waals surface area contributed by atoms with Gasteiger partial charge in [-0.15, -0.1) is 0 Å². The lowest BCUT2D eigenvalue weighted by molar-refractivity contribution is 1.03. The van der Waals surface area contributed by atoms with E-state index in [4.69, 9.17) is 4.99 Å². The van der Waals surface area contributed by atoms with Crippen LogP contribution in [-0.4, -0.2) is 5.71 Å². The van der Waals surface area contributed by atoms with Crippen LogP contribution in [0.15, 0.2) is 114 Å². The maximum absolute atomic E-state index is 4.94. The highest BCUT2D eigenvalue weighted by Crippen LogP contribution is 2.33. The Morgan fingerprint density at radius 2 is 1.52 bits per heavy atom. The van der Waals surface area contributed by atoms with Crippen molar-refractivity contribution in [3.05, 3.63) is 125 Å². The van der Waals surface area contributed by atoms with E-state index in [1.807, 2.05) is 13.1 Å². The van der Waals surface area contributed by atoms with Gasteiger partial charge in [0.1, 0.15) is 0 Å². The molecule has 148 valence electrons. The fourth-order valence-corrected chi connectivity index (χ4v) is 4.68. The molecule has 2 aliphatic carbocycles. The highest BCUT2D eigenvalue weighted by Gasteiger charge is 2.29. The van der Waals surface area contributed by atoms with E-state index >= 15 is 0 Å². The van der Waals surface area contributed by atoms with Crippen LogP contribution in [0.2, 0.25) is 0 Å². The molecule has 3 aliphatic rings. The van der Waals surface area contributed by atoms with Gasteiger partial charge in [-0.3, -0.25) is 4.99 Å². The molecule has 0 aromatic heterocycles. The van der Waals surface area contributed by atoms with E-state index in [1.165, 1.54) is 38.3 Å². The van der Waals surface area contributed by atoms with Gasteiger partial charge in [0.2, 0.25) is 0 Å². The third kappa shape index (κ3) is 3.00. The molecular weight excluding hydrogens is 376 g/mol. The van der Waals surface area contributed by atoms with Crippen LogP contribution in [0.1, 0.15) is 12.5 Å². The fourth-order valence-electron chi connectivity index (χ4n) is 4.68. The van der Waals surface area contributed by atoms with Gasteiger partial charge in [-0.25, -0.2) is 0 Å². The van der Waals surface area contributed by atoms with E-state index in [2.05, 4.69) is 102 Å². The lowest BCUT2D eigenvalue weighted by atomic mass is 9.79. The van der Waals surface area contributed by atoms with E-state index in [9.17, 15) is 0 Å². The third-order valence-electron chi connectivity index (χ3n) is 6.20. The Morgan fingerprint density at radius 1 is 0.774 bits per heavy atom. The van der Waals surface area contributed by atoms with Crippen LogP contribution < -0.4 is 15.8 Å². The molecule has 3 aromatic rings. The molecule has 0 fully saturated rings. The molecule has 1 unspecified atom stereocenters. The molecule has 1 atom stereocenters. The van der Waals surface area contributed by atoms with Gasteiger partial charge in [0.25, 0.3) is 0 Å².